The number of rotatable bonds is 4. The van der Waals surface area contributed by atoms with E-state index in [0.29, 0.717) is 6.54 Å². The topological polar surface area (TPSA) is 66.1 Å². The predicted octanol–water partition coefficient (Wildman–Crippen LogP) is 0.347. The van der Waals surface area contributed by atoms with Crippen LogP contribution in [0.5, 0.6) is 0 Å². The summed E-state index contributed by atoms with van der Waals surface area (Å²) in [6.45, 7) is 1.88. The van der Waals surface area contributed by atoms with Gasteiger partial charge in [-0.05, 0) is 6.92 Å². The van der Waals surface area contributed by atoms with Gasteiger partial charge in [0.1, 0.15) is 5.78 Å². The first kappa shape index (κ1) is 10.4. The zero-order chi connectivity index (χ0) is 10.6. The van der Waals surface area contributed by atoms with Crippen LogP contribution >= 0.6 is 0 Å². The molecule has 0 atom stereocenters. The first-order chi connectivity index (χ1) is 6.59. The van der Waals surface area contributed by atoms with Crippen molar-refractivity contribution >= 4 is 11.7 Å². The Morgan fingerprint density at radius 1 is 1.57 bits per heavy atom. The van der Waals surface area contributed by atoms with Gasteiger partial charge in [-0.2, -0.15) is 5.10 Å². The van der Waals surface area contributed by atoms with Crippen LogP contribution in [0.25, 0.3) is 0 Å². The van der Waals surface area contributed by atoms with Crippen molar-refractivity contribution in [3.63, 3.8) is 0 Å². The van der Waals surface area contributed by atoms with Gasteiger partial charge in [0.25, 0.3) is 0 Å². The molecule has 5 heteroatoms. The van der Waals surface area contributed by atoms with Crippen molar-refractivity contribution < 1.29 is 9.59 Å². The molecular weight excluding hydrogens is 182 g/mol. The molecule has 1 amide bonds. The summed E-state index contributed by atoms with van der Waals surface area (Å²) in [4.78, 5) is 23.6. The highest BCUT2D eigenvalue weighted by molar-refractivity contribution is 5.96. The molecule has 1 heterocycles. The molecule has 5 nitrogen and oxygen atoms in total. The number of nitrogens with zero attached hydrogens (tertiary/aromatic N) is 2. The highest BCUT2D eigenvalue weighted by atomic mass is 16.2. The summed E-state index contributed by atoms with van der Waals surface area (Å²) in [7, 11) is 1.66. The van der Waals surface area contributed by atoms with Crippen LogP contribution in [0.1, 0.15) is 18.9 Å². The van der Waals surface area contributed by atoms with E-state index in [0.717, 1.165) is 5.56 Å². The first-order valence-corrected chi connectivity index (χ1v) is 4.30. The number of carbonyl (C=O) groups is 2. The van der Waals surface area contributed by atoms with Crippen LogP contribution in [0.3, 0.4) is 0 Å². The van der Waals surface area contributed by atoms with Crippen LogP contribution in [0.4, 0.5) is 0 Å². The van der Waals surface area contributed by atoms with Gasteiger partial charge in [0.15, 0.2) is 0 Å². The standard InChI is InChI=1S/C9H13N3O2/c1-7(13)3-9(14)12(2)6-8-4-10-11-5-8/h4-5H,3,6H2,1-2H3,(H,10,11). The Labute approximate surface area is 82.1 Å². The van der Waals surface area contributed by atoms with E-state index in [9.17, 15) is 9.59 Å². The summed E-state index contributed by atoms with van der Waals surface area (Å²) in [5, 5.41) is 6.43. The number of Topliss-reactive ketones (excluding diaryl/α,β-unsaturated/α-hetero) is 1. The second-order valence-corrected chi connectivity index (χ2v) is 3.24. The van der Waals surface area contributed by atoms with Gasteiger partial charge < -0.3 is 4.90 Å². The van der Waals surface area contributed by atoms with E-state index < -0.39 is 0 Å². The largest absolute Gasteiger partial charge is 0.341 e. The molecule has 0 radical (unpaired) electrons. The van der Waals surface area contributed by atoms with Gasteiger partial charge in [0.2, 0.25) is 5.91 Å². The van der Waals surface area contributed by atoms with Crippen LogP contribution in [-0.2, 0) is 16.1 Å². The van der Waals surface area contributed by atoms with E-state index in [-0.39, 0.29) is 18.1 Å². The summed E-state index contributed by atoms with van der Waals surface area (Å²) >= 11 is 0. The highest BCUT2D eigenvalue weighted by Gasteiger charge is 2.11. The van der Waals surface area contributed by atoms with E-state index >= 15 is 0 Å². The maximum Gasteiger partial charge on any atom is 0.230 e. The fourth-order valence-electron chi connectivity index (χ4n) is 1.07. The van der Waals surface area contributed by atoms with Gasteiger partial charge in [-0.15, -0.1) is 0 Å². The number of aromatic nitrogens is 2. The van der Waals surface area contributed by atoms with Crippen molar-refractivity contribution in [2.24, 2.45) is 0 Å². The Kier molecular flexibility index (Phi) is 3.39. The second kappa shape index (κ2) is 4.55. The average molecular weight is 195 g/mol. The molecule has 0 saturated carbocycles. The van der Waals surface area contributed by atoms with Crippen LogP contribution in [0.2, 0.25) is 0 Å². The van der Waals surface area contributed by atoms with Gasteiger partial charge in [0, 0.05) is 25.4 Å². The number of carbonyl (C=O) groups excluding carboxylic acids is 2. The Hall–Kier alpha value is -1.65. The Bertz CT molecular complexity index is 319. The Balaban J connectivity index is 2.46. The van der Waals surface area contributed by atoms with E-state index in [1.807, 2.05) is 0 Å². The zero-order valence-electron chi connectivity index (χ0n) is 8.28. The summed E-state index contributed by atoms with van der Waals surface area (Å²) in [5.74, 6) is -0.284. The lowest BCUT2D eigenvalue weighted by Crippen LogP contribution is -2.27. The molecule has 0 unspecified atom stereocenters. The molecule has 1 aromatic heterocycles. The lowest BCUT2D eigenvalue weighted by atomic mass is 10.2. The fourth-order valence-corrected chi connectivity index (χ4v) is 1.07. The SMILES string of the molecule is CC(=O)CC(=O)N(C)Cc1cn[nH]c1. The number of nitrogens with one attached hydrogen (secondary N) is 1. The van der Waals surface area contributed by atoms with Crippen molar-refractivity contribution in [2.45, 2.75) is 19.9 Å². The smallest absolute Gasteiger partial charge is 0.230 e. The van der Waals surface area contributed by atoms with Crippen LogP contribution in [-0.4, -0.2) is 33.8 Å². The van der Waals surface area contributed by atoms with Crippen molar-refractivity contribution in [1.29, 1.82) is 0 Å². The molecule has 0 fully saturated rings. The molecule has 0 aliphatic heterocycles. The van der Waals surface area contributed by atoms with Crippen LogP contribution < -0.4 is 0 Å². The molecular formula is C9H13N3O2. The van der Waals surface area contributed by atoms with E-state index in [2.05, 4.69) is 10.2 Å². The third-order valence-electron chi connectivity index (χ3n) is 1.80. The number of hydrogen-bond acceptors (Lipinski definition) is 3. The Morgan fingerprint density at radius 3 is 2.79 bits per heavy atom. The highest BCUT2D eigenvalue weighted by Crippen LogP contribution is 2.01. The van der Waals surface area contributed by atoms with Crippen molar-refractivity contribution in [3.8, 4) is 0 Å². The monoisotopic (exact) mass is 195 g/mol. The average Bonchev–Trinajstić information content (AvgIpc) is 2.55. The lowest BCUT2D eigenvalue weighted by molar-refractivity contribution is -0.134. The van der Waals surface area contributed by atoms with E-state index in [4.69, 9.17) is 0 Å². The van der Waals surface area contributed by atoms with Gasteiger partial charge in [0.05, 0.1) is 12.6 Å². The fraction of sp³-hybridized carbons (Fsp3) is 0.444. The van der Waals surface area contributed by atoms with Gasteiger partial charge >= 0.3 is 0 Å². The summed E-state index contributed by atoms with van der Waals surface area (Å²) in [6, 6.07) is 0. The molecule has 1 rings (SSSR count). The third kappa shape index (κ3) is 3.01. The minimum atomic E-state index is -0.168. The molecule has 1 aromatic rings. The lowest BCUT2D eigenvalue weighted by Gasteiger charge is -2.14. The molecule has 14 heavy (non-hydrogen) atoms. The second-order valence-electron chi connectivity index (χ2n) is 3.24. The molecule has 0 aromatic carbocycles. The maximum atomic E-state index is 11.4. The number of aromatic amines is 1. The number of hydrogen-bond donors (Lipinski definition) is 1. The minimum Gasteiger partial charge on any atom is -0.341 e. The van der Waals surface area contributed by atoms with Gasteiger partial charge in [-0.1, -0.05) is 0 Å². The van der Waals surface area contributed by atoms with Crippen LogP contribution in [0, 0.1) is 0 Å². The number of ketones is 1. The van der Waals surface area contributed by atoms with E-state index in [1.165, 1.54) is 11.8 Å². The van der Waals surface area contributed by atoms with Crippen molar-refractivity contribution in [3.05, 3.63) is 18.0 Å². The minimum absolute atomic E-state index is 0.0334. The summed E-state index contributed by atoms with van der Waals surface area (Å²) in [5.41, 5.74) is 0.921. The summed E-state index contributed by atoms with van der Waals surface area (Å²) < 4.78 is 0. The van der Waals surface area contributed by atoms with E-state index in [1.54, 1.807) is 19.4 Å². The third-order valence-corrected chi connectivity index (χ3v) is 1.80. The number of amides is 1. The van der Waals surface area contributed by atoms with Crippen molar-refractivity contribution in [1.82, 2.24) is 15.1 Å². The zero-order valence-corrected chi connectivity index (χ0v) is 8.28. The normalized spacial score (nSPS) is 9.86. The molecule has 0 spiro atoms. The Morgan fingerprint density at radius 2 is 2.29 bits per heavy atom. The molecule has 0 bridgehead atoms. The molecule has 76 valence electrons. The quantitative estimate of drug-likeness (QED) is 0.705. The van der Waals surface area contributed by atoms with Gasteiger partial charge in [-0.3, -0.25) is 14.7 Å². The molecule has 0 aliphatic rings. The van der Waals surface area contributed by atoms with Crippen molar-refractivity contribution in [2.75, 3.05) is 7.05 Å². The molecule has 0 saturated heterocycles. The van der Waals surface area contributed by atoms with Gasteiger partial charge in [-0.25, -0.2) is 0 Å². The maximum absolute atomic E-state index is 11.4. The van der Waals surface area contributed by atoms with Crippen LogP contribution in [0.15, 0.2) is 12.4 Å². The summed E-state index contributed by atoms with van der Waals surface area (Å²) in [6.07, 6.45) is 3.34. The molecule has 0 aliphatic carbocycles. The predicted molar refractivity (Wildman–Crippen MR) is 50.4 cm³/mol. The first-order valence-electron chi connectivity index (χ1n) is 4.30. The number of H-pyrrole nitrogens is 1. The molecule has 1 N–H and O–H groups in total.